The van der Waals surface area contributed by atoms with E-state index in [9.17, 15) is 4.79 Å². The number of benzene rings is 1. The molecule has 0 atom stereocenters. The van der Waals surface area contributed by atoms with Crippen LogP contribution in [0.4, 0.5) is 0 Å². The highest BCUT2D eigenvalue weighted by Crippen LogP contribution is 2.38. The number of furan rings is 1. The zero-order valence-corrected chi connectivity index (χ0v) is 14.2. The third-order valence-electron chi connectivity index (χ3n) is 5.56. The van der Waals surface area contributed by atoms with Crippen LogP contribution in [-0.2, 0) is 24.3 Å². The second-order valence-electron chi connectivity index (χ2n) is 7.20. The van der Waals surface area contributed by atoms with E-state index in [4.69, 9.17) is 4.42 Å². The Morgan fingerprint density at radius 1 is 1.12 bits per heavy atom. The van der Waals surface area contributed by atoms with Crippen LogP contribution in [0.15, 0.2) is 40.8 Å². The molecular weight excluding hydrogens is 300 g/mol. The van der Waals surface area contributed by atoms with Gasteiger partial charge in [0.2, 0.25) is 5.91 Å². The Balaban J connectivity index is 1.47. The number of hydrogen-bond donors (Lipinski definition) is 1. The van der Waals surface area contributed by atoms with Crippen LogP contribution in [-0.4, -0.2) is 23.9 Å². The predicted octanol–water partition coefficient (Wildman–Crippen LogP) is 3.04. The Labute approximate surface area is 142 Å². The number of amides is 1. The van der Waals surface area contributed by atoms with Crippen LogP contribution in [0.3, 0.4) is 0 Å². The first-order valence-corrected chi connectivity index (χ1v) is 8.77. The lowest BCUT2D eigenvalue weighted by Gasteiger charge is -2.39. The van der Waals surface area contributed by atoms with E-state index in [1.54, 1.807) is 0 Å². The fourth-order valence-electron chi connectivity index (χ4n) is 4.04. The number of likely N-dealkylation sites (tertiary alicyclic amines) is 1. The maximum absolute atomic E-state index is 12.8. The molecule has 4 nitrogen and oxygen atoms in total. The molecule has 1 N–H and O–H groups in total. The summed E-state index contributed by atoms with van der Waals surface area (Å²) < 4.78 is 5.69. The molecule has 1 spiro atoms. The topological polar surface area (TPSA) is 45.5 Å². The molecule has 0 unspecified atom stereocenters. The molecule has 126 valence electrons. The van der Waals surface area contributed by atoms with E-state index in [2.05, 4.69) is 34.5 Å². The molecule has 2 aliphatic rings. The quantitative estimate of drug-likeness (QED) is 0.923. The largest absolute Gasteiger partial charge is 0.465 e. The second-order valence-corrected chi connectivity index (χ2v) is 7.20. The van der Waals surface area contributed by atoms with Crippen molar-refractivity contribution in [2.45, 2.75) is 39.3 Å². The fourth-order valence-corrected chi connectivity index (χ4v) is 4.04. The van der Waals surface area contributed by atoms with Gasteiger partial charge in [0.25, 0.3) is 0 Å². The van der Waals surface area contributed by atoms with Gasteiger partial charge in [-0.25, -0.2) is 0 Å². The SMILES string of the molecule is Cc1ccc(CN2CCC3(CC2)Cc2ccccc2CNC3=O)o1. The Morgan fingerprint density at radius 2 is 1.88 bits per heavy atom. The number of piperidine rings is 1. The van der Waals surface area contributed by atoms with Crippen LogP contribution in [0.5, 0.6) is 0 Å². The van der Waals surface area contributed by atoms with Crippen molar-refractivity contribution in [2.24, 2.45) is 5.41 Å². The minimum absolute atomic E-state index is 0.229. The Kier molecular flexibility index (Phi) is 3.93. The van der Waals surface area contributed by atoms with Crippen LogP contribution < -0.4 is 5.32 Å². The average molecular weight is 324 g/mol. The summed E-state index contributed by atoms with van der Waals surface area (Å²) in [4.78, 5) is 15.2. The van der Waals surface area contributed by atoms with Crippen molar-refractivity contribution in [3.63, 3.8) is 0 Å². The Bertz CT molecular complexity index is 742. The van der Waals surface area contributed by atoms with E-state index < -0.39 is 0 Å². The summed E-state index contributed by atoms with van der Waals surface area (Å²) in [5.41, 5.74) is 2.34. The average Bonchev–Trinajstić information content (AvgIpc) is 2.94. The summed E-state index contributed by atoms with van der Waals surface area (Å²) in [5.74, 6) is 2.20. The van der Waals surface area contributed by atoms with Crippen LogP contribution >= 0.6 is 0 Å². The number of aryl methyl sites for hydroxylation is 1. The first kappa shape index (κ1) is 15.5. The normalized spacial score (nSPS) is 20.5. The summed E-state index contributed by atoms with van der Waals surface area (Å²) in [6, 6.07) is 12.5. The van der Waals surface area contributed by atoms with Crippen molar-refractivity contribution in [3.05, 3.63) is 59.0 Å². The second kappa shape index (κ2) is 6.10. The Morgan fingerprint density at radius 3 is 2.58 bits per heavy atom. The van der Waals surface area contributed by atoms with Gasteiger partial charge in [-0.2, -0.15) is 0 Å². The first-order valence-electron chi connectivity index (χ1n) is 8.77. The number of nitrogens with zero attached hydrogens (tertiary/aromatic N) is 1. The minimum Gasteiger partial charge on any atom is -0.465 e. The van der Waals surface area contributed by atoms with Gasteiger partial charge in [-0.1, -0.05) is 24.3 Å². The van der Waals surface area contributed by atoms with Crippen molar-refractivity contribution < 1.29 is 9.21 Å². The van der Waals surface area contributed by atoms with Crippen molar-refractivity contribution >= 4 is 5.91 Å². The van der Waals surface area contributed by atoms with Crippen molar-refractivity contribution in [3.8, 4) is 0 Å². The van der Waals surface area contributed by atoms with E-state index in [0.29, 0.717) is 6.54 Å². The van der Waals surface area contributed by atoms with Gasteiger partial charge in [0.1, 0.15) is 11.5 Å². The number of hydrogen-bond acceptors (Lipinski definition) is 3. The molecule has 0 bridgehead atoms. The van der Waals surface area contributed by atoms with E-state index in [-0.39, 0.29) is 11.3 Å². The lowest BCUT2D eigenvalue weighted by Crippen LogP contribution is -2.48. The van der Waals surface area contributed by atoms with Crippen LogP contribution in [0, 0.1) is 12.3 Å². The molecule has 24 heavy (non-hydrogen) atoms. The zero-order chi connectivity index (χ0) is 16.6. The molecule has 4 heteroatoms. The van der Waals surface area contributed by atoms with Gasteiger partial charge in [0, 0.05) is 6.54 Å². The molecule has 1 amide bonds. The molecule has 2 aliphatic heterocycles. The van der Waals surface area contributed by atoms with Crippen molar-refractivity contribution in [1.29, 1.82) is 0 Å². The molecule has 1 aromatic heterocycles. The fraction of sp³-hybridized carbons (Fsp3) is 0.450. The van der Waals surface area contributed by atoms with Crippen LogP contribution in [0.2, 0.25) is 0 Å². The minimum atomic E-state index is -0.248. The lowest BCUT2D eigenvalue weighted by molar-refractivity contribution is -0.133. The van der Waals surface area contributed by atoms with Crippen molar-refractivity contribution in [2.75, 3.05) is 13.1 Å². The third kappa shape index (κ3) is 2.86. The van der Waals surface area contributed by atoms with Crippen LogP contribution in [0.1, 0.15) is 35.5 Å². The van der Waals surface area contributed by atoms with Gasteiger partial charge >= 0.3 is 0 Å². The molecule has 0 saturated carbocycles. The number of nitrogens with one attached hydrogen (secondary N) is 1. The van der Waals surface area contributed by atoms with Gasteiger partial charge in [0.05, 0.1) is 12.0 Å². The number of carbonyl (C=O) groups excluding carboxylic acids is 1. The smallest absolute Gasteiger partial charge is 0.226 e. The van der Waals surface area contributed by atoms with E-state index in [1.807, 2.05) is 19.1 Å². The van der Waals surface area contributed by atoms with Gasteiger partial charge in [0.15, 0.2) is 0 Å². The molecule has 1 saturated heterocycles. The number of carbonyl (C=O) groups is 1. The highest BCUT2D eigenvalue weighted by Gasteiger charge is 2.42. The maximum atomic E-state index is 12.8. The third-order valence-corrected chi connectivity index (χ3v) is 5.56. The molecule has 1 aromatic carbocycles. The summed E-state index contributed by atoms with van der Waals surface area (Å²) in [7, 11) is 0. The molecule has 0 aliphatic carbocycles. The lowest BCUT2D eigenvalue weighted by atomic mass is 9.73. The zero-order valence-electron chi connectivity index (χ0n) is 14.2. The molecule has 1 fully saturated rings. The summed E-state index contributed by atoms with van der Waals surface area (Å²) >= 11 is 0. The number of fused-ring (bicyclic) bond motifs is 1. The van der Waals surface area contributed by atoms with Crippen LogP contribution in [0.25, 0.3) is 0 Å². The highest BCUT2D eigenvalue weighted by atomic mass is 16.3. The number of rotatable bonds is 2. The first-order chi connectivity index (χ1) is 11.6. The van der Waals surface area contributed by atoms with E-state index in [1.165, 1.54) is 11.1 Å². The highest BCUT2D eigenvalue weighted by molar-refractivity contribution is 5.83. The molecule has 0 radical (unpaired) electrons. The molecule has 3 heterocycles. The predicted molar refractivity (Wildman–Crippen MR) is 92.4 cm³/mol. The van der Waals surface area contributed by atoms with Gasteiger partial charge < -0.3 is 9.73 Å². The summed E-state index contributed by atoms with van der Waals surface area (Å²) in [5, 5.41) is 3.15. The van der Waals surface area contributed by atoms with Gasteiger partial charge in [-0.15, -0.1) is 0 Å². The monoisotopic (exact) mass is 324 g/mol. The molecule has 2 aromatic rings. The van der Waals surface area contributed by atoms with E-state index >= 15 is 0 Å². The standard InChI is InChI=1S/C20H24N2O2/c1-15-6-7-18(24-15)14-22-10-8-20(9-11-22)12-16-4-2-3-5-17(16)13-21-19(20)23/h2-7H,8-14H2,1H3,(H,21,23). The molecular formula is C20H24N2O2. The summed E-state index contributed by atoms with van der Waals surface area (Å²) in [6.45, 7) is 5.35. The van der Waals surface area contributed by atoms with Crippen molar-refractivity contribution in [1.82, 2.24) is 10.2 Å². The van der Waals surface area contributed by atoms with Gasteiger partial charge in [-0.05, 0) is 62.5 Å². The molecule has 4 rings (SSSR count). The van der Waals surface area contributed by atoms with Gasteiger partial charge in [-0.3, -0.25) is 9.69 Å². The Hall–Kier alpha value is -2.07. The summed E-state index contributed by atoms with van der Waals surface area (Å²) in [6.07, 6.45) is 2.68. The van der Waals surface area contributed by atoms with E-state index in [0.717, 1.165) is 50.4 Å². The maximum Gasteiger partial charge on any atom is 0.226 e.